The van der Waals surface area contributed by atoms with E-state index in [9.17, 15) is 9.59 Å². The molecule has 0 bridgehead atoms. The summed E-state index contributed by atoms with van der Waals surface area (Å²) in [6.07, 6.45) is -0.949. The summed E-state index contributed by atoms with van der Waals surface area (Å²) in [6.45, 7) is 5.42. The van der Waals surface area contributed by atoms with Crippen molar-refractivity contribution < 1.29 is 14.3 Å². The third-order valence-corrected chi connectivity index (χ3v) is 6.12. The quantitative estimate of drug-likeness (QED) is 0.409. The van der Waals surface area contributed by atoms with Gasteiger partial charge in [-0.3, -0.25) is 4.79 Å². The Balaban J connectivity index is 1.54. The number of benzene rings is 3. The summed E-state index contributed by atoms with van der Waals surface area (Å²) in [5, 5.41) is 3.61. The number of anilines is 1. The Hall–Kier alpha value is -3.51. The van der Waals surface area contributed by atoms with Crippen molar-refractivity contribution in [3.8, 4) is 10.6 Å². The first-order valence-electron chi connectivity index (χ1n) is 9.97. The average Bonchev–Trinajstić information content (AvgIpc) is 3.20. The number of esters is 1. The fourth-order valence-corrected chi connectivity index (χ4v) is 4.35. The molecule has 1 aromatic heterocycles. The third kappa shape index (κ3) is 4.34. The van der Waals surface area contributed by atoms with Gasteiger partial charge in [0.2, 0.25) is 0 Å². The molecule has 1 N–H and O–H groups in total. The van der Waals surface area contributed by atoms with Crippen LogP contribution >= 0.6 is 11.3 Å². The van der Waals surface area contributed by atoms with Gasteiger partial charge in [-0.15, -0.1) is 11.3 Å². The molecule has 4 rings (SSSR count). The minimum atomic E-state index is -0.949. The second-order valence-electron chi connectivity index (χ2n) is 7.34. The molecular formula is C25H22N2O3S. The number of nitrogens with one attached hydrogen (secondary N) is 1. The maximum atomic E-state index is 12.9. The molecule has 0 aliphatic carbocycles. The van der Waals surface area contributed by atoms with Gasteiger partial charge in [-0.1, -0.05) is 48.5 Å². The lowest BCUT2D eigenvalue weighted by Crippen LogP contribution is -2.30. The zero-order valence-electron chi connectivity index (χ0n) is 17.5. The maximum absolute atomic E-state index is 12.9. The Labute approximate surface area is 184 Å². The molecule has 6 heteroatoms. The van der Waals surface area contributed by atoms with Crippen molar-refractivity contribution in [3.05, 3.63) is 83.4 Å². The number of ether oxygens (including phenoxy) is 1. The molecule has 0 saturated carbocycles. The van der Waals surface area contributed by atoms with Crippen LogP contribution in [0.2, 0.25) is 0 Å². The minimum absolute atomic E-state index is 0.372. The van der Waals surface area contributed by atoms with Gasteiger partial charge in [-0.2, -0.15) is 0 Å². The highest BCUT2D eigenvalue weighted by Crippen LogP contribution is 2.32. The van der Waals surface area contributed by atoms with Gasteiger partial charge in [0, 0.05) is 11.3 Å². The molecule has 0 aliphatic rings. The van der Waals surface area contributed by atoms with Crippen LogP contribution in [-0.4, -0.2) is 23.0 Å². The Kier molecular flexibility index (Phi) is 5.82. The molecule has 0 fully saturated rings. The number of amides is 1. The maximum Gasteiger partial charge on any atom is 0.339 e. The van der Waals surface area contributed by atoms with Crippen LogP contribution in [0.4, 0.5) is 5.69 Å². The number of thiazole rings is 1. The Morgan fingerprint density at radius 3 is 2.35 bits per heavy atom. The van der Waals surface area contributed by atoms with Gasteiger partial charge < -0.3 is 10.1 Å². The number of hydrogen-bond donors (Lipinski definition) is 1. The second kappa shape index (κ2) is 8.70. The van der Waals surface area contributed by atoms with Crippen LogP contribution in [0.5, 0.6) is 0 Å². The van der Waals surface area contributed by atoms with E-state index in [1.165, 1.54) is 11.3 Å². The van der Waals surface area contributed by atoms with Crippen LogP contribution in [0, 0.1) is 13.8 Å². The average molecular weight is 431 g/mol. The highest BCUT2D eigenvalue weighted by Gasteiger charge is 2.23. The zero-order valence-corrected chi connectivity index (χ0v) is 18.3. The normalized spacial score (nSPS) is 11.8. The molecule has 1 heterocycles. The van der Waals surface area contributed by atoms with E-state index in [0.29, 0.717) is 11.1 Å². The molecule has 5 nitrogen and oxygen atoms in total. The predicted molar refractivity (Wildman–Crippen MR) is 124 cm³/mol. The Morgan fingerprint density at radius 1 is 0.935 bits per heavy atom. The number of para-hydroxylation sites is 2. The van der Waals surface area contributed by atoms with Crippen molar-refractivity contribution in [3.63, 3.8) is 0 Å². The SMILES string of the molecule is Cc1cccc(C)c1NC(=O)C(C)OC(=O)c1ccccc1-c1nc2ccccc2s1. The van der Waals surface area contributed by atoms with E-state index < -0.39 is 12.1 Å². The molecule has 156 valence electrons. The smallest absolute Gasteiger partial charge is 0.339 e. The molecule has 4 aromatic rings. The number of aromatic nitrogens is 1. The van der Waals surface area contributed by atoms with Crippen molar-refractivity contribution in [2.24, 2.45) is 0 Å². The lowest BCUT2D eigenvalue weighted by molar-refractivity contribution is -0.123. The summed E-state index contributed by atoms with van der Waals surface area (Å²) in [5.41, 5.74) is 4.60. The van der Waals surface area contributed by atoms with Crippen LogP contribution in [0.1, 0.15) is 28.4 Å². The van der Waals surface area contributed by atoms with Gasteiger partial charge in [0.1, 0.15) is 5.01 Å². The molecule has 0 spiro atoms. The van der Waals surface area contributed by atoms with Gasteiger partial charge >= 0.3 is 5.97 Å². The van der Waals surface area contributed by atoms with Crippen LogP contribution in [-0.2, 0) is 9.53 Å². The summed E-state index contributed by atoms with van der Waals surface area (Å²) >= 11 is 1.51. The summed E-state index contributed by atoms with van der Waals surface area (Å²) < 4.78 is 6.56. The van der Waals surface area contributed by atoms with Crippen molar-refractivity contribution in [1.29, 1.82) is 0 Å². The molecule has 31 heavy (non-hydrogen) atoms. The summed E-state index contributed by atoms with van der Waals surface area (Å²) in [4.78, 5) is 30.2. The number of nitrogens with zero attached hydrogens (tertiary/aromatic N) is 1. The molecule has 1 amide bonds. The fraction of sp³-hybridized carbons (Fsp3) is 0.160. The van der Waals surface area contributed by atoms with E-state index in [1.807, 2.05) is 68.4 Å². The van der Waals surface area contributed by atoms with Crippen LogP contribution in [0.25, 0.3) is 20.8 Å². The molecule has 0 saturated heterocycles. The molecule has 1 unspecified atom stereocenters. The number of carbonyl (C=O) groups is 2. The van der Waals surface area contributed by atoms with Crippen LogP contribution in [0.15, 0.2) is 66.7 Å². The minimum Gasteiger partial charge on any atom is -0.449 e. The van der Waals surface area contributed by atoms with Gasteiger partial charge in [-0.25, -0.2) is 9.78 Å². The molecule has 0 aliphatic heterocycles. The Morgan fingerprint density at radius 2 is 1.61 bits per heavy atom. The number of rotatable bonds is 5. The van der Waals surface area contributed by atoms with Gasteiger partial charge in [0.05, 0.1) is 15.8 Å². The third-order valence-electron chi connectivity index (χ3n) is 5.05. The molecule has 3 aromatic carbocycles. The summed E-state index contributed by atoms with van der Waals surface area (Å²) in [7, 11) is 0. The van der Waals surface area contributed by atoms with Crippen LogP contribution < -0.4 is 5.32 Å². The Bertz CT molecular complexity index is 1230. The molecule has 1 atom stereocenters. The van der Waals surface area contributed by atoms with E-state index in [0.717, 1.165) is 32.0 Å². The fourth-order valence-electron chi connectivity index (χ4n) is 3.35. The number of hydrogen-bond acceptors (Lipinski definition) is 5. The molecular weight excluding hydrogens is 408 g/mol. The van der Waals surface area contributed by atoms with Crippen molar-refractivity contribution in [2.45, 2.75) is 26.9 Å². The first-order valence-corrected chi connectivity index (χ1v) is 10.8. The van der Waals surface area contributed by atoms with E-state index in [-0.39, 0.29) is 5.91 Å². The van der Waals surface area contributed by atoms with Crippen molar-refractivity contribution in [1.82, 2.24) is 4.98 Å². The van der Waals surface area contributed by atoms with Crippen molar-refractivity contribution >= 4 is 39.1 Å². The number of aryl methyl sites for hydroxylation is 2. The van der Waals surface area contributed by atoms with Gasteiger partial charge in [0.25, 0.3) is 5.91 Å². The topological polar surface area (TPSA) is 68.3 Å². The predicted octanol–water partition coefficient (Wildman–Crippen LogP) is 5.76. The highest BCUT2D eigenvalue weighted by atomic mass is 32.1. The van der Waals surface area contributed by atoms with Crippen LogP contribution in [0.3, 0.4) is 0 Å². The molecule has 0 radical (unpaired) electrons. The zero-order chi connectivity index (χ0) is 22.0. The van der Waals surface area contributed by atoms with Gasteiger partial charge in [0.15, 0.2) is 6.10 Å². The lowest BCUT2D eigenvalue weighted by atomic mass is 10.1. The van der Waals surface area contributed by atoms with E-state index >= 15 is 0 Å². The van der Waals surface area contributed by atoms with Crippen molar-refractivity contribution in [2.75, 3.05) is 5.32 Å². The number of fused-ring (bicyclic) bond motifs is 1. The first-order chi connectivity index (χ1) is 14.9. The van der Waals surface area contributed by atoms with E-state index in [4.69, 9.17) is 4.74 Å². The standard InChI is InChI=1S/C25H22N2O3S/c1-15-9-8-10-16(2)22(15)27-23(28)17(3)30-25(29)19-12-5-4-11-18(19)24-26-20-13-6-7-14-21(20)31-24/h4-14,17H,1-3H3,(H,27,28). The largest absolute Gasteiger partial charge is 0.449 e. The van der Waals surface area contributed by atoms with E-state index in [2.05, 4.69) is 10.3 Å². The lowest BCUT2D eigenvalue weighted by Gasteiger charge is -2.17. The second-order valence-corrected chi connectivity index (χ2v) is 8.37. The highest BCUT2D eigenvalue weighted by molar-refractivity contribution is 7.21. The first kappa shape index (κ1) is 20.8. The summed E-state index contributed by atoms with van der Waals surface area (Å²) in [6, 6.07) is 20.8. The number of carbonyl (C=O) groups excluding carboxylic acids is 2. The van der Waals surface area contributed by atoms with E-state index in [1.54, 1.807) is 19.1 Å². The monoisotopic (exact) mass is 430 g/mol. The van der Waals surface area contributed by atoms with Gasteiger partial charge in [-0.05, 0) is 50.1 Å². The summed E-state index contributed by atoms with van der Waals surface area (Å²) in [5.74, 6) is -0.928.